The minimum atomic E-state index is -4.83. The Hall–Kier alpha value is -2.95. The average Bonchev–Trinajstić information content (AvgIpc) is 3.20. The fraction of sp³-hybridized carbons (Fsp3) is 0.174. The number of thiocarbonyl (C=S) groups is 1. The van der Waals surface area contributed by atoms with E-state index in [1.165, 1.54) is 43.5 Å². The number of hydrogen-bond donors (Lipinski definition) is 3. The third kappa shape index (κ3) is 8.65. The molecule has 188 valence electrons. The van der Waals surface area contributed by atoms with Gasteiger partial charge in [0.25, 0.3) is 0 Å². The largest absolute Gasteiger partial charge is 0.431 e. The van der Waals surface area contributed by atoms with Gasteiger partial charge in [-0.05, 0) is 37.8 Å². The van der Waals surface area contributed by atoms with Crippen LogP contribution in [0.15, 0.2) is 64.0 Å². The lowest BCUT2D eigenvalue weighted by molar-refractivity contribution is -0.0947. The summed E-state index contributed by atoms with van der Waals surface area (Å²) in [6.45, 7) is 6.88. The summed E-state index contributed by atoms with van der Waals surface area (Å²) in [4.78, 5) is -0.357. The fourth-order valence-electron chi connectivity index (χ4n) is 2.41. The normalized spacial score (nSPS) is 12.5. The molecule has 0 fully saturated rings. The van der Waals surface area contributed by atoms with Gasteiger partial charge < -0.3 is 21.0 Å². The molecule has 0 aliphatic rings. The van der Waals surface area contributed by atoms with Crippen molar-refractivity contribution in [1.82, 2.24) is 10.5 Å². The molecule has 2 aromatic rings. The summed E-state index contributed by atoms with van der Waals surface area (Å²) >= 11 is 16.8. The SMILES string of the molecule is C=C/C(Cl)=C\C(=C/C)N/C(=C/c1onc(-c2c(F)cccc2Cl)c1C(N)=S)C(F)(F)F.CCC=N. The molecule has 2 rings (SSSR count). The zero-order valence-corrected chi connectivity index (χ0v) is 21.0. The molecule has 1 aromatic heterocycles. The highest BCUT2D eigenvalue weighted by Crippen LogP contribution is 2.35. The highest BCUT2D eigenvalue weighted by Gasteiger charge is 2.35. The van der Waals surface area contributed by atoms with Crippen molar-refractivity contribution < 1.29 is 22.1 Å². The standard InChI is InChI=1S/C20H15Cl2F4N3OS.C3H7N/c1-3-10(21)8-11(4-2)28-15(20(24,25)26)9-14-17(19(27)31)18(29-30-14)16-12(22)6-5-7-13(16)23;1-2-3-4/h3-9,28H,1H2,2H3,(H2,27,31);3-4H,2H2,1H3/b10-8+,11-4+,15-9+;. The smallest absolute Gasteiger partial charge is 0.389 e. The van der Waals surface area contributed by atoms with Crippen molar-refractivity contribution in [3.8, 4) is 11.3 Å². The molecule has 0 atom stereocenters. The highest BCUT2D eigenvalue weighted by atomic mass is 35.5. The lowest BCUT2D eigenvalue weighted by Crippen LogP contribution is -2.25. The molecule has 0 saturated carbocycles. The maximum Gasteiger partial charge on any atom is 0.431 e. The molecule has 1 aromatic carbocycles. The summed E-state index contributed by atoms with van der Waals surface area (Å²) in [5, 5.41) is 12.3. The summed E-state index contributed by atoms with van der Waals surface area (Å²) < 4.78 is 60.4. The molecule has 4 N–H and O–H groups in total. The van der Waals surface area contributed by atoms with E-state index in [0.29, 0.717) is 6.08 Å². The summed E-state index contributed by atoms with van der Waals surface area (Å²) in [5.74, 6) is -1.21. The minimum absolute atomic E-state index is 0.0298. The zero-order valence-electron chi connectivity index (χ0n) is 18.6. The molecule has 0 spiro atoms. The predicted molar refractivity (Wildman–Crippen MR) is 137 cm³/mol. The van der Waals surface area contributed by atoms with Crippen molar-refractivity contribution >= 4 is 52.7 Å². The van der Waals surface area contributed by atoms with E-state index < -0.39 is 23.5 Å². The van der Waals surface area contributed by atoms with E-state index in [2.05, 4.69) is 17.1 Å². The second-order valence-electron chi connectivity index (χ2n) is 6.50. The van der Waals surface area contributed by atoms with Gasteiger partial charge in [-0.15, -0.1) is 0 Å². The summed E-state index contributed by atoms with van der Waals surface area (Å²) in [6, 6.07) is 3.84. The Balaban J connectivity index is 0.00000142. The number of allylic oxidation sites excluding steroid dienone is 5. The van der Waals surface area contributed by atoms with Gasteiger partial charge in [0.15, 0.2) is 5.76 Å². The Kier molecular flexibility index (Phi) is 11.9. The van der Waals surface area contributed by atoms with E-state index in [0.717, 1.165) is 12.5 Å². The van der Waals surface area contributed by atoms with Crippen LogP contribution in [0.3, 0.4) is 0 Å². The van der Waals surface area contributed by atoms with Crippen LogP contribution in [0.1, 0.15) is 31.6 Å². The number of benzene rings is 1. The molecule has 0 radical (unpaired) electrons. The van der Waals surface area contributed by atoms with Crippen LogP contribution in [-0.2, 0) is 0 Å². The third-order valence-electron chi connectivity index (χ3n) is 4.03. The Morgan fingerprint density at radius 2 is 2.00 bits per heavy atom. The Morgan fingerprint density at radius 3 is 2.46 bits per heavy atom. The quantitative estimate of drug-likeness (QED) is 0.137. The van der Waals surface area contributed by atoms with Crippen LogP contribution >= 0.6 is 35.4 Å². The number of alkyl halides is 3. The molecular weight excluding hydrogens is 527 g/mol. The first-order chi connectivity index (χ1) is 16.4. The van der Waals surface area contributed by atoms with Gasteiger partial charge in [0.1, 0.15) is 22.2 Å². The van der Waals surface area contributed by atoms with Crippen molar-refractivity contribution in [2.45, 2.75) is 26.4 Å². The van der Waals surface area contributed by atoms with Crippen LogP contribution in [0.5, 0.6) is 0 Å². The van der Waals surface area contributed by atoms with Crippen molar-refractivity contribution in [2.75, 3.05) is 0 Å². The molecule has 12 heteroatoms. The van der Waals surface area contributed by atoms with Crippen molar-refractivity contribution in [3.63, 3.8) is 0 Å². The molecule has 0 saturated heterocycles. The number of nitrogens with two attached hydrogens (primary N) is 1. The Bertz CT molecular complexity index is 1150. The lowest BCUT2D eigenvalue weighted by atomic mass is 10.0. The Labute approximate surface area is 215 Å². The number of aromatic nitrogens is 1. The molecule has 0 unspecified atom stereocenters. The van der Waals surface area contributed by atoms with Gasteiger partial charge in [-0.2, -0.15) is 13.2 Å². The van der Waals surface area contributed by atoms with Gasteiger partial charge in [0.2, 0.25) is 0 Å². The third-order valence-corrected chi connectivity index (χ3v) is 4.81. The van der Waals surface area contributed by atoms with Gasteiger partial charge in [-0.3, -0.25) is 0 Å². The van der Waals surface area contributed by atoms with Gasteiger partial charge >= 0.3 is 6.18 Å². The van der Waals surface area contributed by atoms with Crippen LogP contribution in [0.2, 0.25) is 5.02 Å². The summed E-state index contributed by atoms with van der Waals surface area (Å²) in [6.07, 6.45) is 1.88. The van der Waals surface area contributed by atoms with E-state index in [4.69, 9.17) is 51.1 Å². The zero-order chi connectivity index (χ0) is 26.8. The van der Waals surface area contributed by atoms with Gasteiger partial charge in [-0.25, -0.2) is 4.39 Å². The monoisotopic (exact) mass is 548 g/mol. The topological polar surface area (TPSA) is 87.9 Å². The van der Waals surface area contributed by atoms with E-state index in [-0.39, 0.29) is 37.6 Å². The highest BCUT2D eigenvalue weighted by molar-refractivity contribution is 7.80. The molecule has 0 aliphatic carbocycles. The molecular formula is C23H22Cl2F4N4OS. The number of nitrogens with zero attached hydrogens (tertiary/aromatic N) is 1. The molecule has 0 aliphatic heterocycles. The molecule has 0 amide bonds. The van der Waals surface area contributed by atoms with Crippen molar-refractivity contribution in [3.05, 3.63) is 81.6 Å². The second-order valence-corrected chi connectivity index (χ2v) is 7.79. The number of halogens is 6. The van der Waals surface area contributed by atoms with Crippen LogP contribution < -0.4 is 11.1 Å². The first kappa shape index (κ1) is 30.1. The molecule has 35 heavy (non-hydrogen) atoms. The Morgan fingerprint density at radius 1 is 1.37 bits per heavy atom. The maximum atomic E-state index is 14.3. The lowest BCUT2D eigenvalue weighted by Gasteiger charge is -2.15. The van der Waals surface area contributed by atoms with E-state index in [9.17, 15) is 17.6 Å². The van der Waals surface area contributed by atoms with E-state index in [1.807, 2.05) is 6.92 Å². The molecule has 1 heterocycles. The van der Waals surface area contributed by atoms with Crippen molar-refractivity contribution in [2.24, 2.45) is 5.73 Å². The van der Waals surface area contributed by atoms with Crippen LogP contribution in [0.25, 0.3) is 17.3 Å². The predicted octanol–water partition coefficient (Wildman–Crippen LogP) is 7.52. The average molecular weight is 549 g/mol. The van der Waals surface area contributed by atoms with Crippen LogP contribution in [-0.4, -0.2) is 22.5 Å². The minimum Gasteiger partial charge on any atom is -0.389 e. The van der Waals surface area contributed by atoms with E-state index in [1.54, 1.807) is 0 Å². The first-order valence-electron chi connectivity index (χ1n) is 9.85. The van der Waals surface area contributed by atoms with Gasteiger partial charge in [0, 0.05) is 16.8 Å². The van der Waals surface area contributed by atoms with Crippen LogP contribution in [0.4, 0.5) is 17.6 Å². The van der Waals surface area contributed by atoms with Gasteiger partial charge in [-0.1, -0.05) is 72.3 Å². The van der Waals surface area contributed by atoms with E-state index >= 15 is 0 Å². The second kappa shape index (κ2) is 13.8. The summed E-state index contributed by atoms with van der Waals surface area (Å²) in [5.41, 5.74) is 3.86. The van der Waals surface area contributed by atoms with Crippen molar-refractivity contribution in [1.29, 1.82) is 5.41 Å². The maximum absolute atomic E-state index is 14.3. The number of rotatable bonds is 8. The van der Waals surface area contributed by atoms with Crippen LogP contribution in [0, 0.1) is 11.2 Å². The fourth-order valence-corrected chi connectivity index (χ4v) is 2.98. The molecule has 5 nitrogen and oxygen atoms in total. The number of nitrogens with one attached hydrogen (secondary N) is 2. The van der Waals surface area contributed by atoms with Gasteiger partial charge in [0.05, 0.1) is 16.1 Å². The molecule has 0 bridgehead atoms. The summed E-state index contributed by atoms with van der Waals surface area (Å²) in [7, 11) is 0. The number of hydrogen-bond acceptors (Lipinski definition) is 5. The first-order valence-corrected chi connectivity index (χ1v) is 11.0.